The van der Waals surface area contributed by atoms with Gasteiger partial charge in [0.15, 0.2) is 0 Å². The van der Waals surface area contributed by atoms with E-state index >= 15 is 0 Å². The second-order valence-corrected chi connectivity index (χ2v) is 5.42. The van der Waals surface area contributed by atoms with Crippen LogP contribution in [0.15, 0.2) is 18.2 Å². The topological polar surface area (TPSA) is 75.6 Å². The molecule has 2 rings (SSSR count). The number of aromatic carboxylic acids is 1. The molecule has 1 aliphatic heterocycles. The molecular formula is C15H18FNO4. The molecule has 1 aromatic rings. The van der Waals surface area contributed by atoms with Gasteiger partial charge in [-0.1, -0.05) is 6.92 Å². The summed E-state index contributed by atoms with van der Waals surface area (Å²) in [6.07, 6.45) is -0.286. The first kappa shape index (κ1) is 15.4. The molecule has 21 heavy (non-hydrogen) atoms. The number of carbonyl (C=O) groups excluding carboxylic acids is 1. The number of rotatable bonds is 3. The summed E-state index contributed by atoms with van der Waals surface area (Å²) in [6.45, 7) is 5.63. The van der Waals surface area contributed by atoms with Gasteiger partial charge in [-0.2, -0.15) is 0 Å². The number of carboxylic acids is 1. The van der Waals surface area contributed by atoms with Gasteiger partial charge in [0.25, 0.3) is 0 Å². The van der Waals surface area contributed by atoms with Crippen molar-refractivity contribution in [3.63, 3.8) is 0 Å². The summed E-state index contributed by atoms with van der Waals surface area (Å²) < 4.78 is 18.7. The van der Waals surface area contributed by atoms with Crippen LogP contribution in [-0.4, -0.2) is 29.2 Å². The van der Waals surface area contributed by atoms with Crippen molar-refractivity contribution in [2.24, 2.45) is 11.8 Å². The van der Waals surface area contributed by atoms with Crippen LogP contribution >= 0.6 is 0 Å². The molecule has 2 N–H and O–H groups in total. The molecule has 4 unspecified atom stereocenters. The molecule has 1 amide bonds. The summed E-state index contributed by atoms with van der Waals surface area (Å²) in [4.78, 5) is 23.5. The van der Waals surface area contributed by atoms with Crippen LogP contribution in [0.1, 0.15) is 31.1 Å². The van der Waals surface area contributed by atoms with Crippen LogP contribution in [-0.2, 0) is 9.53 Å². The highest BCUT2D eigenvalue weighted by Crippen LogP contribution is 2.33. The molecule has 5 nitrogen and oxygen atoms in total. The van der Waals surface area contributed by atoms with E-state index in [1.807, 2.05) is 20.8 Å². The van der Waals surface area contributed by atoms with E-state index < -0.39 is 11.8 Å². The van der Waals surface area contributed by atoms with Crippen LogP contribution in [0.4, 0.5) is 10.1 Å². The minimum absolute atomic E-state index is 0.0220. The molecule has 0 aromatic heterocycles. The molecule has 1 aromatic carbocycles. The number of carboxylic acid groups (broad SMARTS) is 1. The van der Waals surface area contributed by atoms with E-state index in [4.69, 9.17) is 9.84 Å². The number of halogens is 1. The van der Waals surface area contributed by atoms with Crippen molar-refractivity contribution in [1.82, 2.24) is 0 Å². The Labute approximate surface area is 122 Å². The lowest BCUT2D eigenvalue weighted by Gasteiger charge is -2.18. The summed E-state index contributed by atoms with van der Waals surface area (Å²) in [5.74, 6) is -2.61. The number of ether oxygens (including phenoxy) is 1. The first-order valence-electron chi connectivity index (χ1n) is 6.80. The fraction of sp³-hybridized carbons (Fsp3) is 0.467. The molecule has 4 atom stereocenters. The zero-order valence-electron chi connectivity index (χ0n) is 12.1. The molecule has 0 bridgehead atoms. The minimum Gasteiger partial charge on any atom is -0.478 e. The van der Waals surface area contributed by atoms with Gasteiger partial charge in [-0.15, -0.1) is 0 Å². The van der Waals surface area contributed by atoms with Crippen LogP contribution in [0.5, 0.6) is 0 Å². The van der Waals surface area contributed by atoms with E-state index in [0.717, 1.165) is 12.1 Å². The predicted octanol–water partition coefficient (Wildman–Crippen LogP) is 2.52. The van der Waals surface area contributed by atoms with Crippen molar-refractivity contribution >= 4 is 17.6 Å². The minimum atomic E-state index is -1.29. The number of anilines is 1. The molecule has 6 heteroatoms. The largest absolute Gasteiger partial charge is 0.478 e. The van der Waals surface area contributed by atoms with Gasteiger partial charge >= 0.3 is 5.97 Å². The zero-order chi connectivity index (χ0) is 15.7. The van der Waals surface area contributed by atoms with Crippen LogP contribution in [0.3, 0.4) is 0 Å². The first-order chi connectivity index (χ1) is 9.81. The average Bonchev–Trinajstić information content (AvgIpc) is 2.65. The van der Waals surface area contributed by atoms with Crippen LogP contribution in [0, 0.1) is 17.7 Å². The van der Waals surface area contributed by atoms with E-state index in [2.05, 4.69) is 5.32 Å². The Morgan fingerprint density at radius 1 is 1.24 bits per heavy atom. The highest BCUT2D eigenvalue weighted by Gasteiger charge is 2.41. The number of hydrogen-bond acceptors (Lipinski definition) is 3. The normalized spacial score (nSPS) is 28.4. The van der Waals surface area contributed by atoms with Crippen molar-refractivity contribution in [2.75, 3.05) is 5.32 Å². The van der Waals surface area contributed by atoms with Gasteiger partial charge in [-0.3, -0.25) is 4.79 Å². The second-order valence-electron chi connectivity index (χ2n) is 5.42. The number of nitrogens with one attached hydrogen (secondary N) is 1. The third-order valence-electron chi connectivity index (χ3n) is 4.01. The molecule has 0 saturated carbocycles. The van der Waals surface area contributed by atoms with Crippen LogP contribution < -0.4 is 5.32 Å². The summed E-state index contributed by atoms with van der Waals surface area (Å²) in [5.41, 5.74) is -0.177. The van der Waals surface area contributed by atoms with Crippen molar-refractivity contribution in [2.45, 2.75) is 33.0 Å². The van der Waals surface area contributed by atoms with Gasteiger partial charge < -0.3 is 15.2 Å². The standard InChI is InChI=1S/C15H18FNO4/c1-7-8(2)21-9(3)13(7)14(18)17-12-5-4-10(16)6-11(12)15(19)20/h4-9,13H,1-3H3,(H,17,18)(H,19,20). The fourth-order valence-electron chi connectivity index (χ4n) is 2.74. The monoisotopic (exact) mass is 295 g/mol. The van der Waals surface area contributed by atoms with Crippen LogP contribution in [0.25, 0.3) is 0 Å². The molecule has 114 valence electrons. The van der Waals surface area contributed by atoms with Crippen molar-refractivity contribution in [1.29, 1.82) is 0 Å². The van der Waals surface area contributed by atoms with E-state index in [-0.39, 0.29) is 41.2 Å². The van der Waals surface area contributed by atoms with E-state index in [9.17, 15) is 14.0 Å². The quantitative estimate of drug-likeness (QED) is 0.898. The van der Waals surface area contributed by atoms with E-state index in [0.29, 0.717) is 0 Å². The molecule has 0 aliphatic carbocycles. The van der Waals surface area contributed by atoms with Gasteiger partial charge in [0, 0.05) is 0 Å². The Morgan fingerprint density at radius 2 is 1.90 bits per heavy atom. The molecule has 1 heterocycles. The van der Waals surface area contributed by atoms with E-state index in [1.165, 1.54) is 6.07 Å². The second kappa shape index (κ2) is 5.81. The van der Waals surface area contributed by atoms with Crippen molar-refractivity contribution in [3.05, 3.63) is 29.6 Å². The number of hydrogen-bond donors (Lipinski definition) is 2. The number of carbonyl (C=O) groups is 2. The lowest BCUT2D eigenvalue weighted by atomic mass is 9.88. The SMILES string of the molecule is CC1OC(C)C(C(=O)Nc2ccc(F)cc2C(=O)O)C1C. The fourth-order valence-corrected chi connectivity index (χ4v) is 2.74. The molecular weight excluding hydrogens is 277 g/mol. The molecule has 1 aliphatic rings. The molecule has 0 spiro atoms. The number of amides is 1. The third kappa shape index (κ3) is 3.05. The highest BCUT2D eigenvalue weighted by atomic mass is 19.1. The lowest BCUT2D eigenvalue weighted by Crippen LogP contribution is -2.32. The summed E-state index contributed by atoms with van der Waals surface area (Å²) in [5, 5.41) is 11.6. The zero-order valence-corrected chi connectivity index (χ0v) is 12.1. The maximum Gasteiger partial charge on any atom is 0.337 e. The molecule has 1 fully saturated rings. The van der Waals surface area contributed by atoms with E-state index in [1.54, 1.807) is 0 Å². The van der Waals surface area contributed by atoms with Gasteiger partial charge in [-0.05, 0) is 38.0 Å². The van der Waals surface area contributed by atoms with Gasteiger partial charge in [-0.25, -0.2) is 9.18 Å². The van der Waals surface area contributed by atoms with Gasteiger partial charge in [0.2, 0.25) is 5.91 Å². The molecule has 1 saturated heterocycles. The number of benzene rings is 1. The predicted molar refractivity (Wildman–Crippen MR) is 74.7 cm³/mol. The highest BCUT2D eigenvalue weighted by molar-refractivity contribution is 6.01. The van der Waals surface area contributed by atoms with Gasteiger partial charge in [0.05, 0.1) is 29.4 Å². The Hall–Kier alpha value is -1.95. The first-order valence-corrected chi connectivity index (χ1v) is 6.80. The summed E-state index contributed by atoms with van der Waals surface area (Å²) >= 11 is 0. The average molecular weight is 295 g/mol. The smallest absolute Gasteiger partial charge is 0.337 e. The summed E-state index contributed by atoms with van der Waals surface area (Å²) in [6, 6.07) is 3.26. The van der Waals surface area contributed by atoms with Crippen molar-refractivity contribution in [3.8, 4) is 0 Å². The molecule has 0 radical (unpaired) electrons. The Kier molecular flexibility index (Phi) is 4.27. The summed E-state index contributed by atoms with van der Waals surface area (Å²) in [7, 11) is 0. The van der Waals surface area contributed by atoms with Crippen LogP contribution in [0.2, 0.25) is 0 Å². The van der Waals surface area contributed by atoms with Crippen molar-refractivity contribution < 1.29 is 23.8 Å². The third-order valence-corrected chi connectivity index (χ3v) is 4.01. The lowest BCUT2D eigenvalue weighted by molar-refractivity contribution is -0.121. The maximum atomic E-state index is 13.1. The Morgan fingerprint density at radius 3 is 2.43 bits per heavy atom. The Bertz CT molecular complexity index is 575. The maximum absolute atomic E-state index is 13.1. The van der Waals surface area contributed by atoms with Gasteiger partial charge in [0.1, 0.15) is 5.82 Å². The Balaban J connectivity index is 2.22.